The SMILES string of the molecule is CCN(C(=O)c1cccc(CSc2cc(Cl)ccc2Cl)c1)C1CCS(=O)(=O)C1. The minimum Gasteiger partial charge on any atom is -0.335 e. The van der Waals surface area contributed by atoms with Gasteiger partial charge in [0.2, 0.25) is 0 Å². The van der Waals surface area contributed by atoms with E-state index in [9.17, 15) is 13.2 Å². The molecule has 0 radical (unpaired) electrons. The van der Waals surface area contributed by atoms with Crippen molar-refractivity contribution < 1.29 is 13.2 Å². The number of rotatable bonds is 6. The summed E-state index contributed by atoms with van der Waals surface area (Å²) in [5, 5.41) is 1.27. The van der Waals surface area contributed by atoms with E-state index in [4.69, 9.17) is 23.2 Å². The van der Waals surface area contributed by atoms with E-state index in [-0.39, 0.29) is 23.5 Å². The fourth-order valence-corrected chi connectivity index (χ4v) is 6.46. The van der Waals surface area contributed by atoms with Gasteiger partial charge in [-0.3, -0.25) is 4.79 Å². The van der Waals surface area contributed by atoms with Crippen LogP contribution in [-0.4, -0.2) is 43.3 Å². The van der Waals surface area contributed by atoms with Gasteiger partial charge in [-0.1, -0.05) is 35.3 Å². The second-order valence-electron chi connectivity index (χ2n) is 6.71. The zero-order valence-electron chi connectivity index (χ0n) is 15.4. The van der Waals surface area contributed by atoms with Crippen molar-refractivity contribution in [2.45, 2.75) is 30.0 Å². The van der Waals surface area contributed by atoms with Gasteiger partial charge in [0.1, 0.15) is 0 Å². The molecule has 0 bridgehead atoms. The van der Waals surface area contributed by atoms with Gasteiger partial charge in [0.25, 0.3) is 5.91 Å². The van der Waals surface area contributed by atoms with Crippen LogP contribution in [0.3, 0.4) is 0 Å². The molecule has 0 aliphatic carbocycles. The summed E-state index contributed by atoms with van der Waals surface area (Å²) >= 11 is 13.8. The van der Waals surface area contributed by atoms with Gasteiger partial charge in [-0.25, -0.2) is 8.42 Å². The lowest BCUT2D eigenvalue weighted by Crippen LogP contribution is -2.41. The molecule has 0 saturated carbocycles. The number of nitrogens with zero attached hydrogens (tertiary/aromatic N) is 1. The highest BCUT2D eigenvalue weighted by molar-refractivity contribution is 7.98. The first-order valence-corrected chi connectivity index (χ1v) is 12.5. The molecule has 1 fully saturated rings. The molecule has 1 atom stereocenters. The smallest absolute Gasteiger partial charge is 0.254 e. The van der Waals surface area contributed by atoms with Gasteiger partial charge in [-0.15, -0.1) is 11.8 Å². The molecule has 1 unspecified atom stereocenters. The van der Waals surface area contributed by atoms with E-state index in [1.54, 1.807) is 34.9 Å². The summed E-state index contributed by atoms with van der Waals surface area (Å²) in [6.07, 6.45) is 0.505. The third-order valence-corrected chi connectivity index (χ3v) is 8.27. The quantitative estimate of drug-likeness (QED) is 0.576. The molecular weight excluding hydrogens is 437 g/mol. The van der Waals surface area contributed by atoms with Gasteiger partial charge in [-0.05, 0) is 49.2 Å². The molecule has 0 spiro atoms. The summed E-state index contributed by atoms with van der Waals surface area (Å²) in [6, 6.07) is 12.5. The normalized spacial score (nSPS) is 18.2. The van der Waals surface area contributed by atoms with Gasteiger partial charge in [0.05, 0.1) is 16.5 Å². The monoisotopic (exact) mass is 457 g/mol. The minimum atomic E-state index is -3.04. The standard InChI is InChI=1S/C20H21Cl2NO3S2/c1-2-23(17-8-9-28(25,26)13-17)20(24)15-5-3-4-14(10-15)12-27-19-11-16(21)6-7-18(19)22/h3-7,10-11,17H,2,8-9,12-13H2,1H3. The van der Waals surface area contributed by atoms with Gasteiger partial charge in [-0.2, -0.15) is 0 Å². The second kappa shape index (κ2) is 9.08. The van der Waals surface area contributed by atoms with Crippen molar-refractivity contribution in [3.63, 3.8) is 0 Å². The number of carbonyl (C=O) groups is 1. The Morgan fingerprint density at radius 2 is 2.00 bits per heavy atom. The number of benzene rings is 2. The molecular formula is C20H21Cl2NO3S2. The number of carbonyl (C=O) groups excluding carboxylic acids is 1. The van der Waals surface area contributed by atoms with Crippen LogP contribution in [-0.2, 0) is 15.6 Å². The Balaban J connectivity index is 1.73. The molecule has 1 aliphatic heterocycles. The van der Waals surface area contributed by atoms with Crippen LogP contribution < -0.4 is 0 Å². The van der Waals surface area contributed by atoms with Crippen molar-refractivity contribution in [2.75, 3.05) is 18.1 Å². The highest BCUT2D eigenvalue weighted by atomic mass is 35.5. The molecule has 1 amide bonds. The van der Waals surface area contributed by atoms with Crippen LogP contribution in [0.2, 0.25) is 10.0 Å². The summed E-state index contributed by atoms with van der Waals surface area (Å²) in [5.41, 5.74) is 1.56. The van der Waals surface area contributed by atoms with Crippen molar-refractivity contribution >= 4 is 50.7 Å². The second-order valence-corrected chi connectivity index (χ2v) is 10.8. The van der Waals surface area contributed by atoms with E-state index in [0.29, 0.717) is 34.3 Å². The van der Waals surface area contributed by atoms with Crippen molar-refractivity contribution in [2.24, 2.45) is 0 Å². The van der Waals surface area contributed by atoms with Crippen molar-refractivity contribution in [1.82, 2.24) is 4.90 Å². The first-order valence-electron chi connectivity index (χ1n) is 8.97. The maximum Gasteiger partial charge on any atom is 0.254 e. The van der Waals surface area contributed by atoms with E-state index in [1.807, 2.05) is 31.2 Å². The predicted molar refractivity (Wildman–Crippen MR) is 116 cm³/mol. The van der Waals surface area contributed by atoms with E-state index < -0.39 is 9.84 Å². The number of thioether (sulfide) groups is 1. The van der Waals surface area contributed by atoms with E-state index in [2.05, 4.69) is 0 Å². The molecule has 0 aromatic heterocycles. The highest BCUT2D eigenvalue weighted by Gasteiger charge is 2.34. The lowest BCUT2D eigenvalue weighted by Gasteiger charge is -2.27. The van der Waals surface area contributed by atoms with Crippen LogP contribution >= 0.6 is 35.0 Å². The van der Waals surface area contributed by atoms with E-state index in [1.165, 1.54) is 0 Å². The molecule has 0 N–H and O–H groups in total. The Kier molecular flexibility index (Phi) is 6.97. The third kappa shape index (κ3) is 5.23. The maximum atomic E-state index is 13.0. The fourth-order valence-electron chi connectivity index (χ4n) is 3.30. The summed E-state index contributed by atoms with van der Waals surface area (Å²) < 4.78 is 23.6. The molecule has 8 heteroatoms. The van der Waals surface area contributed by atoms with Crippen molar-refractivity contribution in [1.29, 1.82) is 0 Å². The Bertz CT molecular complexity index is 979. The fraction of sp³-hybridized carbons (Fsp3) is 0.350. The summed E-state index contributed by atoms with van der Waals surface area (Å²) in [5.74, 6) is 0.719. The van der Waals surface area contributed by atoms with Gasteiger partial charge in [0, 0.05) is 33.8 Å². The molecule has 3 rings (SSSR count). The first kappa shape index (κ1) is 21.5. The van der Waals surface area contributed by atoms with Gasteiger partial charge >= 0.3 is 0 Å². The molecule has 28 heavy (non-hydrogen) atoms. The van der Waals surface area contributed by atoms with Crippen LogP contribution in [0.5, 0.6) is 0 Å². The number of amides is 1. The van der Waals surface area contributed by atoms with Crippen molar-refractivity contribution in [3.05, 3.63) is 63.6 Å². The van der Waals surface area contributed by atoms with Crippen molar-refractivity contribution in [3.8, 4) is 0 Å². The van der Waals surface area contributed by atoms with Crippen LogP contribution in [0.1, 0.15) is 29.3 Å². The van der Waals surface area contributed by atoms with Crippen LogP contribution in [0.25, 0.3) is 0 Å². The zero-order valence-corrected chi connectivity index (χ0v) is 18.5. The van der Waals surface area contributed by atoms with Crippen LogP contribution in [0.4, 0.5) is 0 Å². The Morgan fingerprint density at radius 1 is 1.21 bits per heavy atom. The molecule has 1 heterocycles. The van der Waals surface area contributed by atoms with Crippen LogP contribution in [0, 0.1) is 0 Å². The lowest BCUT2D eigenvalue weighted by molar-refractivity contribution is 0.0708. The summed E-state index contributed by atoms with van der Waals surface area (Å²) in [4.78, 5) is 15.5. The topological polar surface area (TPSA) is 54.5 Å². The molecule has 1 saturated heterocycles. The average molecular weight is 458 g/mol. The average Bonchev–Trinajstić information content (AvgIpc) is 3.02. The Morgan fingerprint density at radius 3 is 2.68 bits per heavy atom. The minimum absolute atomic E-state index is 0.0510. The zero-order chi connectivity index (χ0) is 20.3. The first-order chi connectivity index (χ1) is 13.3. The molecule has 4 nitrogen and oxygen atoms in total. The molecule has 150 valence electrons. The number of sulfone groups is 1. The third-order valence-electron chi connectivity index (χ3n) is 4.71. The van der Waals surface area contributed by atoms with Gasteiger partial charge in [0.15, 0.2) is 9.84 Å². The lowest BCUT2D eigenvalue weighted by atomic mass is 10.1. The Hall–Kier alpha value is -1.21. The maximum absolute atomic E-state index is 13.0. The predicted octanol–water partition coefficient (Wildman–Crippen LogP) is 4.93. The van der Waals surface area contributed by atoms with Crippen LogP contribution in [0.15, 0.2) is 47.4 Å². The van der Waals surface area contributed by atoms with E-state index >= 15 is 0 Å². The number of halogens is 2. The number of hydrogen-bond donors (Lipinski definition) is 0. The Labute approximate surface area is 180 Å². The largest absolute Gasteiger partial charge is 0.335 e. The number of hydrogen-bond acceptors (Lipinski definition) is 4. The van der Waals surface area contributed by atoms with E-state index in [0.717, 1.165) is 10.5 Å². The molecule has 1 aliphatic rings. The highest BCUT2D eigenvalue weighted by Crippen LogP contribution is 2.32. The molecule has 2 aromatic rings. The summed E-state index contributed by atoms with van der Waals surface area (Å²) in [6.45, 7) is 2.36. The molecule has 2 aromatic carbocycles. The van der Waals surface area contributed by atoms with Gasteiger partial charge < -0.3 is 4.90 Å². The summed E-state index contributed by atoms with van der Waals surface area (Å²) in [7, 11) is -3.04.